The molecule has 0 N–H and O–H groups in total. The van der Waals surface area contributed by atoms with Gasteiger partial charge in [-0.2, -0.15) is 9.40 Å². The molecule has 0 amide bonds. The Labute approximate surface area is 190 Å². The largest absolute Gasteiger partial charge is 0.495 e. The van der Waals surface area contributed by atoms with Gasteiger partial charge in [0.1, 0.15) is 10.6 Å². The van der Waals surface area contributed by atoms with Gasteiger partial charge in [0.2, 0.25) is 10.0 Å². The molecule has 0 spiro atoms. The highest BCUT2D eigenvalue weighted by molar-refractivity contribution is 7.89. The first-order valence-electron chi connectivity index (χ1n) is 11.8. The summed E-state index contributed by atoms with van der Waals surface area (Å²) >= 11 is 0. The molecule has 1 fully saturated rings. The molecule has 1 aromatic heterocycles. The van der Waals surface area contributed by atoms with Crippen molar-refractivity contribution >= 4 is 10.0 Å². The van der Waals surface area contributed by atoms with Gasteiger partial charge in [0, 0.05) is 30.3 Å². The number of aryl methyl sites for hydroxylation is 1. The molecule has 1 atom stereocenters. The molecule has 174 valence electrons. The van der Waals surface area contributed by atoms with Crippen LogP contribution < -0.4 is 10.3 Å². The average molecular weight is 460 g/mol. The molecule has 1 unspecified atom stereocenters. The maximum absolute atomic E-state index is 13.8. The standard InChI is InChI=1S/C24H33N3O4S/c1-4-18-10-8-9-15-27(18)32(29,30)22-16-17(13-14-21(22)31-3)23-19-11-6-7-12-20(19)24(28)26(5-2)25-23/h13-14,16,18H,4-12,15H2,1-3H3. The van der Waals surface area contributed by atoms with Crippen LogP contribution in [0.1, 0.15) is 63.5 Å². The second-order valence-electron chi connectivity index (χ2n) is 8.67. The third-order valence-corrected chi connectivity index (χ3v) is 8.81. The van der Waals surface area contributed by atoms with Crippen molar-refractivity contribution in [1.82, 2.24) is 14.1 Å². The molecule has 0 bridgehead atoms. The van der Waals surface area contributed by atoms with Gasteiger partial charge >= 0.3 is 0 Å². The van der Waals surface area contributed by atoms with Crippen molar-refractivity contribution in [2.75, 3.05) is 13.7 Å². The van der Waals surface area contributed by atoms with Crippen LogP contribution in [0.25, 0.3) is 11.3 Å². The van der Waals surface area contributed by atoms with Crippen LogP contribution >= 0.6 is 0 Å². The molecule has 2 aromatic rings. The number of rotatable bonds is 6. The highest BCUT2D eigenvalue weighted by Gasteiger charge is 2.35. The molecule has 2 aliphatic rings. The fraction of sp³-hybridized carbons (Fsp3) is 0.583. The van der Waals surface area contributed by atoms with Crippen molar-refractivity contribution in [3.05, 3.63) is 39.7 Å². The third-order valence-electron chi connectivity index (χ3n) is 6.83. The lowest BCUT2D eigenvalue weighted by Crippen LogP contribution is -2.43. The number of sulfonamides is 1. The fourth-order valence-corrected chi connectivity index (χ4v) is 7.03. The van der Waals surface area contributed by atoms with Crippen molar-refractivity contribution in [2.45, 2.75) is 82.7 Å². The maximum atomic E-state index is 13.8. The first-order chi connectivity index (χ1) is 15.4. The van der Waals surface area contributed by atoms with Gasteiger partial charge in [-0.1, -0.05) is 13.3 Å². The Bertz CT molecular complexity index is 1160. The Kier molecular flexibility index (Phi) is 6.72. The minimum Gasteiger partial charge on any atom is -0.495 e. The van der Waals surface area contributed by atoms with Crippen LogP contribution in [0.5, 0.6) is 5.75 Å². The summed E-state index contributed by atoms with van der Waals surface area (Å²) in [6, 6.07) is 5.27. The fourth-order valence-electron chi connectivity index (χ4n) is 5.08. The quantitative estimate of drug-likeness (QED) is 0.657. The summed E-state index contributed by atoms with van der Waals surface area (Å²) in [6.45, 7) is 4.95. The van der Waals surface area contributed by atoms with Crippen LogP contribution in [0.4, 0.5) is 0 Å². The number of methoxy groups -OCH3 is 1. The van der Waals surface area contributed by atoms with Crippen LogP contribution in [0.2, 0.25) is 0 Å². The van der Waals surface area contributed by atoms with Crippen LogP contribution in [-0.4, -0.2) is 42.2 Å². The van der Waals surface area contributed by atoms with Gasteiger partial charge in [0.15, 0.2) is 0 Å². The summed E-state index contributed by atoms with van der Waals surface area (Å²) in [5, 5.41) is 4.65. The van der Waals surface area contributed by atoms with E-state index in [4.69, 9.17) is 4.74 Å². The van der Waals surface area contributed by atoms with Gasteiger partial charge in [-0.15, -0.1) is 0 Å². The Morgan fingerprint density at radius 1 is 1.09 bits per heavy atom. The Balaban J connectivity index is 1.88. The molecular formula is C24H33N3O4S. The minimum absolute atomic E-state index is 0.00925. The number of hydrogen-bond acceptors (Lipinski definition) is 5. The van der Waals surface area contributed by atoms with Crippen molar-refractivity contribution in [2.24, 2.45) is 0 Å². The zero-order valence-electron chi connectivity index (χ0n) is 19.3. The highest BCUT2D eigenvalue weighted by Crippen LogP contribution is 2.36. The second kappa shape index (κ2) is 9.35. The predicted molar refractivity (Wildman–Crippen MR) is 125 cm³/mol. The third kappa shape index (κ3) is 3.99. The van der Waals surface area contributed by atoms with Crippen LogP contribution in [-0.2, 0) is 29.4 Å². The highest BCUT2D eigenvalue weighted by atomic mass is 32.2. The first kappa shape index (κ1) is 23.0. The Morgan fingerprint density at radius 2 is 1.84 bits per heavy atom. The molecule has 2 heterocycles. The number of piperidine rings is 1. The maximum Gasteiger partial charge on any atom is 0.270 e. The Morgan fingerprint density at radius 3 is 2.53 bits per heavy atom. The number of hydrogen-bond donors (Lipinski definition) is 0. The molecule has 1 saturated heterocycles. The zero-order chi connectivity index (χ0) is 22.9. The number of aromatic nitrogens is 2. The van der Waals surface area contributed by atoms with E-state index in [1.54, 1.807) is 16.4 Å². The second-order valence-corrected chi connectivity index (χ2v) is 10.5. The lowest BCUT2D eigenvalue weighted by molar-refractivity contribution is 0.246. The van der Waals surface area contributed by atoms with Gasteiger partial charge in [-0.05, 0) is 75.6 Å². The summed E-state index contributed by atoms with van der Waals surface area (Å²) in [6.07, 6.45) is 7.12. The van der Waals surface area contributed by atoms with Gasteiger partial charge in [-0.3, -0.25) is 4.79 Å². The number of nitrogens with zero attached hydrogens (tertiary/aromatic N) is 3. The molecule has 0 saturated carbocycles. The van der Waals surface area contributed by atoms with Crippen molar-refractivity contribution in [1.29, 1.82) is 0 Å². The molecule has 32 heavy (non-hydrogen) atoms. The topological polar surface area (TPSA) is 81.5 Å². The average Bonchev–Trinajstić information content (AvgIpc) is 2.84. The molecule has 1 aromatic carbocycles. The van der Waals surface area contributed by atoms with Crippen molar-refractivity contribution < 1.29 is 13.2 Å². The number of benzene rings is 1. The zero-order valence-corrected chi connectivity index (χ0v) is 20.1. The van der Waals surface area contributed by atoms with E-state index in [1.165, 1.54) is 11.8 Å². The molecular weight excluding hydrogens is 426 g/mol. The summed E-state index contributed by atoms with van der Waals surface area (Å²) in [4.78, 5) is 13.0. The van der Waals surface area contributed by atoms with Gasteiger partial charge in [0.05, 0.1) is 12.8 Å². The van der Waals surface area contributed by atoms with E-state index in [2.05, 4.69) is 5.10 Å². The van der Waals surface area contributed by atoms with Crippen molar-refractivity contribution in [3.8, 4) is 17.0 Å². The van der Waals surface area contributed by atoms with Gasteiger partial charge in [0.25, 0.3) is 5.56 Å². The molecule has 8 heteroatoms. The summed E-state index contributed by atoms with van der Waals surface area (Å²) in [5.74, 6) is 0.340. The summed E-state index contributed by atoms with van der Waals surface area (Å²) < 4.78 is 36.1. The smallest absolute Gasteiger partial charge is 0.270 e. The lowest BCUT2D eigenvalue weighted by Gasteiger charge is -2.34. The van der Waals surface area contributed by atoms with Crippen molar-refractivity contribution in [3.63, 3.8) is 0 Å². The molecule has 0 radical (unpaired) electrons. The normalized spacial score (nSPS) is 19.5. The van der Waals surface area contributed by atoms with Gasteiger partial charge in [-0.25, -0.2) is 13.1 Å². The van der Waals surface area contributed by atoms with Gasteiger partial charge < -0.3 is 4.74 Å². The van der Waals surface area contributed by atoms with E-state index in [1.807, 2.05) is 19.9 Å². The molecule has 1 aliphatic carbocycles. The SMILES string of the molecule is CCC1CCCCN1S(=O)(=O)c1cc(-c2nn(CC)c(=O)c3c2CCCC3)ccc1OC. The van der Waals surface area contributed by atoms with Crippen LogP contribution in [0.3, 0.4) is 0 Å². The first-order valence-corrected chi connectivity index (χ1v) is 13.2. The number of ether oxygens (including phenoxy) is 1. The monoisotopic (exact) mass is 459 g/mol. The van der Waals surface area contributed by atoms with E-state index in [0.717, 1.165) is 68.1 Å². The van der Waals surface area contributed by atoms with Crippen LogP contribution in [0, 0.1) is 0 Å². The van der Waals surface area contributed by atoms with Crippen LogP contribution in [0.15, 0.2) is 27.9 Å². The number of fused-ring (bicyclic) bond motifs is 1. The van der Waals surface area contributed by atoms with E-state index in [0.29, 0.717) is 24.5 Å². The summed E-state index contributed by atoms with van der Waals surface area (Å²) in [7, 11) is -2.23. The molecule has 4 rings (SSSR count). The van der Waals surface area contributed by atoms with E-state index >= 15 is 0 Å². The molecule has 1 aliphatic heterocycles. The van der Waals surface area contributed by atoms with E-state index in [9.17, 15) is 13.2 Å². The Hall–Kier alpha value is -2.19. The van der Waals surface area contributed by atoms with E-state index < -0.39 is 10.0 Å². The summed E-state index contributed by atoms with van der Waals surface area (Å²) in [5.41, 5.74) is 3.20. The minimum atomic E-state index is -3.73. The predicted octanol–water partition coefficient (Wildman–Crippen LogP) is 3.77. The molecule has 7 nitrogen and oxygen atoms in total. The lowest BCUT2D eigenvalue weighted by atomic mass is 9.90. The van der Waals surface area contributed by atoms with E-state index in [-0.39, 0.29) is 16.5 Å².